The predicted molar refractivity (Wildman–Crippen MR) is 60.4 cm³/mol. The van der Waals surface area contributed by atoms with Gasteiger partial charge in [-0.1, -0.05) is 13.8 Å². The Balaban J connectivity index is 2.84. The van der Waals surface area contributed by atoms with E-state index in [9.17, 15) is 13.0 Å². The third kappa shape index (κ3) is 3.35. The van der Waals surface area contributed by atoms with Crippen molar-refractivity contribution in [1.29, 1.82) is 0 Å². The van der Waals surface area contributed by atoms with E-state index in [0.29, 0.717) is 0 Å². The highest BCUT2D eigenvalue weighted by atomic mass is 32.2. The lowest BCUT2D eigenvalue weighted by Gasteiger charge is -2.15. The van der Waals surface area contributed by atoms with Crippen molar-refractivity contribution in [3.05, 3.63) is 29.8 Å². The van der Waals surface area contributed by atoms with Crippen LogP contribution in [0.2, 0.25) is 0 Å². The smallest absolute Gasteiger partial charge is 0.139 e. The van der Waals surface area contributed by atoms with Crippen LogP contribution in [0.4, 0.5) is 8.78 Å². The van der Waals surface area contributed by atoms with E-state index in [2.05, 4.69) is 0 Å². The van der Waals surface area contributed by atoms with E-state index in [4.69, 9.17) is 5.73 Å². The van der Waals surface area contributed by atoms with Gasteiger partial charge in [0, 0.05) is 11.8 Å². The van der Waals surface area contributed by atoms with Crippen LogP contribution in [0.25, 0.3) is 0 Å². The average Bonchev–Trinajstić information content (AvgIpc) is 2.21. The standard InChI is InChI=1S/C11H15F2NOS/c1-7(2)10(14)6-16(15)11-5-8(12)3-4-9(11)13/h3-5,7,10H,6,14H2,1-2H3. The Labute approximate surface area is 96.3 Å². The van der Waals surface area contributed by atoms with Crippen LogP contribution in [0.1, 0.15) is 13.8 Å². The number of halogens is 2. The van der Waals surface area contributed by atoms with Gasteiger partial charge in [0.15, 0.2) is 0 Å². The van der Waals surface area contributed by atoms with Crippen LogP contribution in [-0.2, 0) is 10.8 Å². The Morgan fingerprint density at radius 3 is 2.56 bits per heavy atom. The van der Waals surface area contributed by atoms with Gasteiger partial charge in [-0.15, -0.1) is 0 Å². The molecule has 0 aromatic heterocycles. The molecule has 0 fully saturated rings. The Morgan fingerprint density at radius 2 is 2.00 bits per heavy atom. The van der Waals surface area contributed by atoms with E-state index in [0.717, 1.165) is 18.2 Å². The minimum Gasteiger partial charge on any atom is -0.327 e. The lowest BCUT2D eigenvalue weighted by molar-refractivity contribution is 0.527. The molecule has 0 aliphatic rings. The van der Waals surface area contributed by atoms with Crippen molar-refractivity contribution in [2.24, 2.45) is 11.7 Å². The van der Waals surface area contributed by atoms with Gasteiger partial charge >= 0.3 is 0 Å². The normalized spacial score (nSPS) is 15.1. The second-order valence-corrected chi connectivity index (χ2v) is 5.46. The Morgan fingerprint density at radius 1 is 1.38 bits per heavy atom. The van der Waals surface area contributed by atoms with Crippen LogP contribution >= 0.6 is 0 Å². The molecule has 2 N–H and O–H groups in total. The molecule has 0 bridgehead atoms. The van der Waals surface area contributed by atoms with Gasteiger partial charge in [0.2, 0.25) is 0 Å². The molecule has 16 heavy (non-hydrogen) atoms. The molecule has 0 saturated heterocycles. The monoisotopic (exact) mass is 247 g/mol. The molecular formula is C11H15F2NOS. The second-order valence-electron chi connectivity index (χ2n) is 3.99. The SMILES string of the molecule is CC(C)C(N)CS(=O)c1cc(F)ccc1F. The molecule has 5 heteroatoms. The summed E-state index contributed by atoms with van der Waals surface area (Å²) in [4.78, 5) is -0.115. The number of rotatable bonds is 4. The molecule has 0 saturated carbocycles. The van der Waals surface area contributed by atoms with Gasteiger partial charge < -0.3 is 5.73 Å². The summed E-state index contributed by atoms with van der Waals surface area (Å²) in [5.41, 5.74) is 5.73. The molecule has 0 heterocycles. The molecule has 1 aromatic carbocycles. The molecule has 0 aliphatic heterocycles. The first-order chi connectivity index (χ1) is 7.41. The molecule has 90 valence electrons. The zero-order chi connectivity index (χ0) is 12.3. The Hall–Kier alpha value is -0.810. The average molecular weight is 247 g/mol. The number of hydrogen-bond acceptors (Lipinski definition) is 2. The number of benzene rings is 1. The van der Waals surface area contributed by atoms with Crippen molar-refractivity contribution in [3.63, 3.8) is 0 Å². The van der Waals surface area contributed by atoms with Crippen LogP contribution in [0, 0.1) is 17.6 Å². The lowest BCUT2D eigenvalue weighted by Crippen LogP contribution is -2.32. The first-order valence-corrected chi connectivity index (χ1v) is 6.32. The van der Waals surface area contributed by atoms with Crippen LogP contribution in [0.15, 0.2) is 23.1 Å². The molecule has 2 atom stereocenters. The minimum atomic E-state index is -1.60. The van der Waals surface area contributed by atoms with Crippen molar-refractivity contribution in [1.82, 2.24) is 0 Å². The highest BCUT2D eigenvalue weighted by Crippen LogP contribution is 2.15. The van der Waals surface area contributed by atoms with Gasteiger partial charge in [-0.3, -0.25) is 4.21 Å². The number of hydrogen-bond donors (Lipinski definition) is 1. The van der Waals surface area contributed by atoms with E-state index in [1.807, 2.05) is 13.8 Å². The summed E-state index contributed by atoms with van der Waals surface area (Å²) in [5, 5.41) is 0. The fraction of sp³-hybridized carbons (Fsp3) is 0.455. The van der Waals surface area contributed by atoms with Gasteiger partial charge in [0.25, 0.3) is 0 Å². The van der Waals surface area contributed by atoms with Gasteiger partial charge in [-0.05, 0) is 24.1 Å². The van der Waals surface area contributed by atoms with E-state index < -0.39 is 22.4 Å². The summed E-state index contributed by atoms with van der Waals surface area (Å²) in [6.07, 6.45) is 0. The molecule has 2 unspecified atom stereocenters. The topological polar surface area (TPSA) is 43.1 Å². The van der Waals surface area contributed by atoms with E-state index >= 15 is 0 Å². The third-order valence-electron chi connectivity index (χ3n) is 2.34. The summed E-state index contributed by atoms with van der Waals surface area (Å²) in [7, 11) is -1.60. The maximum absolute atomic E-state index is 13.3. The molecule has 1 rings (SSSR count). The predicted octanol–water partition coefficient (Wildman–Crippen LogP) is 2.06. The fourth-order valence-corrected chi connectivity index (χ4v) is 2.55. The summed E-state index contributed by atoms with van der Waals surface area (Å²) in [6.45, 7) is 3.79. The van der Waals surface area contributed by atoms with Gasteiger partial charge in [-0.2, -0.15) is 0 Å². The van der Waals surface area contributed by atoms with E-state index in [1.54, 1.807) is 0 Å². The number of nitrogens with two attached hydrogens (primary N) is 1. The van der Waals surface area contributed by atoms with Crippen LogP contribution < -0.4 is 5.73 Å². The lowest BCUT2D eigenvalue weighted by atomic mass is 10.1. The molecule has 0 radical (unpaired) electrons. The maximum atomic E-state index is 13.3. The van der Waals surface area contributed by atoms with Crippen LogP contribution in [0.3, 0.4) is 0 Å². The van der Waals surface area contributed by atoms with Crippen molar-refractivity contribution in [2.75, 3.05) is 5.75 Å². The van der Waals surface area contributed by atoms with Crippen molar-refractivity contribution >= 4 is 10.8 Å². The molecule has 2 nitrogen and oxygen atoms in total. The van der Waals surface area contributed by atoms with Gasteiger partial charge in [0.1, 0.15) is 11.6 Å². The summed E-state index contributed by atoms with van der Waals surface area (Å²) in [6, 6.07) is 2.64. The zero-order valence-corrected chi connectivity index (χ0v) is 10.1. The van der Waals surface area contributed by atoms with Gasteiger partial charge in [-0.25, -0.2) is 8.78 Å². The molecule has 0 spiro atoms. The summed E-state index contributed by atoms with van der Waals surface area (Å²) >= 11 is 0. The highest BCUT2D eigenvalue weighted by molar-refractivity contribution is 7.85. The molecule has 1 aromatic rings. The first kappa shape index (κ1) is 13.3. The third-order valence-corrected chi connectivity index (χ3v) is 3.83. The maximum Gasteiger partial charge on any atom is 0.139 e. The summed E-state index contributed by atoms with van der Waals surface area (Å²) < 4.78 is 37.9. The summed E-state index contributed by atoms with van der Waals surface area (Å²) in [5.74, 6) is -0.961. The largest absolute Gasteiger partial charge is 0.327 e. The quantitative estimate of drug-likeness (QED) is 0.885. The van der Waals surface area contributed by atoms with E-state index in [-0.39, 0.29) is 22.6 Å². The molecule has 0 aliphatic carbocycles. The van der Waals surface area contributed by atoms with Crippen molar-refractivity contribution < 1.29 is 13.0 Å². The van der Waals surface area contributed by atoms with Crippen molar-refractivity contribution in [3.8, 4) is 0 Å². The Bertz CT molecular complexity index is 396. The van der Waals surface area contributed by atoms with Crippen LogP contribution in [-0.4, -0.2) is 16.0 Å². The minimum absolute atomic E-state index is 0.115. The second kappa shape index (κ2) is 5.50. The van der Waals surface area contributed by atoms with Crippen molar-refractivity contribution in [2.45, 2.75) is 24.8 Å². The van der Waals surface area contributed by atoms with Gasteiger partial charge in [0.05, 0.1) is 15.7 Å². The first-order valence-electron chi connectivity index (χ1n) is 5.01. The van der Waals surface area contributed by atoms with Crippen LogP contribution in [0.5, 0.6) is 0 Å². The highest BCUT2D eigenvalue weighted by Gasteiger charge is 2.16. The Kier molecular flexibility index (Phi) is 4.56. The fourth-order valence-electron chi connectivity index (χ4n) is 1.11. The molecular weight excluding hydrogens is 232 g/mol. The van der Waals surface area contributed by atoms with E-state index in [1.165, 1.54) is 0 Å². The zero-order valence-electron chi connectivity index (χ0n) is 9.24. The molecule has 0 amide bonds.